The van der Waals surface area contributed by atoms with Crippen LogP contribution < -0.4 is 4.72 Å². The molecule has 0 aliphatic heterocycles. The van der Waals surface area contributed by atoms with Crippen molar-refractivity contribution in [2.24, 2.45) is 0 Å². The Kier molecular flexibility index (Phi) is 4.41. The van der Waals surface area contributed by atoms with Crippen LogP contribution in [-0.2, 0) is 16.6 Å². The fourth-order valence-electron chi connectivity index (χ4n) is 2.74. The van der Waals surface area contributed by atoms with E-state index in [4.69, 9.17) is 0 Å². The third kappa shape index (κ3) is 3.65. The molecule has 0 aromatic carbocycles. The van der Waals surface area contributed by atoms with Gasteiger partial charge >= 0.3 is 0 Å². The van der Waals surface area contributed by atoms with Crippen LogP contribution in [0.5, 0.6) is 0 Å². The van der Waals surface area contributed by atoms with E-state index in [1.807, 2.05) is 10.1 Å². The van der Waals surface area contributed by atoms with Crippen LogP contribution in [-0.4, -0.2) is 29.7 Å². The van der Waals surface area contributed by atoms with Gasteiger partial charge in [0.2, 0.25) is 10.0 Å². The highest BCUT2D eigenvalue weighted by atomic mass is 32.2. The number of hydrogen-bond acceptors (Lipinski definition) is 5. The summed E-state index contributed by atoms with van der Waals surface area (Å²) in [5.41, 5.74) is 3.27. The molecule has 0 amide bonds. The average Bonchev–Trinajstić information content (AvgIpc) is 3.15. The number of nitrogens with one attached hydrogen (secondary N) is 1. The Morgan fingerprint density at radius 2 is 2.20 bits per heavy atom. The highest BCUT2D eigenvalue weighted by Gasteiger charge is 2.28. The van der Waals surface area contributed by atoms with Crippen molar-refractivity contribution in [3.8, 4) is 11.3 Å². The molecular weight excluding hydrogens is 356 g/mol. The topological polar surface area (TPSA) is 76.9 Å². The van der Waals surface area contributed by atoms with E-state index in [1.165, 1.54) is 30.8 Å². The second-order valence-corrected chi connectivity index (χ2v) is 8.60. The quantitative estimate of drug-likeness (QED) is 0.690. The van der Waals surface area contributed by atoms with Crippen LogP contribution >= 0.6 is 11.3 Å². The normalized spacial score (nSPS) is 14.7. The van der Waals surface area contributed by atoms with E-state index >= 15 is 0 Å². The third-order valence-electron chi connectivity index (χ3n) is 4.18. The fraction of sp³-hybridized carbons (Fsp3) is 0.294. The van der Waals surface area contributed by atoms with Gasteiger partial charge in [0.15, 0.2) is 0 Å². The first-order chi connectivity index (χ1) is 12.1. The number of nitrogens with zero attached hydrogens (tertiary/aromatic N) is 3. The van der Waals surface area contributed by atoms with Gasteiger partial charge in [0.1, 0.15) is 4.90 Å². The predicted octanol–water partition coefficient (Wildman–Crippen LogP) is 2.86. The first-order valence-corrected chi connectivity index (χ1v) is 10.6. The first kappa shape index (κ1) is 16.4. The molecule has 1 aliphatic rings. The van der Waals surface area contributed by atoms with E-state index in [0.29, 0.717) is 19.0 Å². The lowest BCUT2D eigenvalue weighted by molar-refractivity contribution is 0.551. The van der Waals surface area contributed by atoms with E-state index in [0.717, 1.165) is 11.3 Å². The lowest BCUT2D eigenvalue weighted by Crippen LogP contribution is -2.28. The van der Waals surface area contributed by atoms with Gasteiger partial charge in [-0.25, -0.2) is 13.1 Å². The molecule has 8 heteroatoms. The molecule has 0 radical (unpaired) electrons. The zero-order valence-electron chi connectivity index (χ0n) is 13.5. The zero-order valence-corrected chi connectivity index (χ0v) is 15.1. The van der Waals surface area contributed by atoms with E-state index in [-0.39, 0.29) is 4.90 Å². The summed E-state index contributed by atoms with van der Waals surface area (Å²) in [5, 5.41) is 8.80. The Bertz CT molecular complexity index is 946. The molecule has 0 atom stereocenters. The summed E-state index contributed by atoms with van der Waals surface area (Å²) < 4.78 is 29.1. The van der Waals surface area contributed by atoms with Crippen LogP contribution in [0.25, 0.3) is 11.3 Å². The minimum atomic E-state index is -3.54. The van der Waals surface area contributed by atoms with Crippen molar-refractivity contribution in [3.05, 3.63) is 53.1 Å². The third-order valence-corrected chi connectivity index (χ3v) is 6.31. The van der Waals surface area contributed by atoms with Crippen molar-refractivity contribution in [2.45, 2.75) is 30.2 Å². The van der Waals surface area contributed by atoms with Crippen LogP contribution in [0.4, 0.5) is 0 Å². The van der Waals surface area contributed by atoms with Gasteiger partial charge in [-0.3, -0.25) is 9.67 Å². The molecule has 0 unspecified atom stereocenters. The maximum absolute atomic E-state index is 12.3. The van der Waals surface area contributed by atoms with Crippen molar-refractivity contribution in [1.29, 1.82) is 0 Å². The molecule has 3 heterocycles. The Morgan fingerprint density at radius 3 is 2.88 bits per heavy atom. The van der Waals surface area contributed by atoms with Gasteiger partial charge < -0.3 is 0 Å². The molecule has 1 saturated carbocycles. The van der Waals surface area contributed by atoms with Gasteiger partial charge in [0, 0.05) is 41.5 Å². The number of thiophene rings is 1. The smallest absolute Gasteiger partial charge is 0.242 e. The lowest BCUT2D eigenvalue weighted by Gasteiger charge is -2.09. The van der Waals surface area contributed by atoms with Crippen molar-refractivity contribution >= 4 is 21.4 Å². The van der Waals surface area contributed by atoms with Crippen molar-refractivity contribution in [2.75, 3.05) is 6.54 Å². The monoisotopic (exact) mass is 374 g/mol. The van der Waals surface area contributed by atoms with E-state index < -0.39 is 10.0 Å². The van der Waals surface area contributed by atoms with Crippen LogP contribution in [0.15, 0.2) is 52.3 Å². The van der Waals surface area contributed by atoms with Crippen molar-refractivity contribution < 1.29 is 8.42 Å². The molecule has 4 rings (SSSR count). The first-order valence-electron chi connectivity index (χ1n) is 8.13. The van der Waals surface area contributed by atoms with Gasteiger partial charge in [0.25, 0.3) is 0 Å². The zero-order chi connectivity index (χ0) is 17.3. The molecule has 130 valence electrons. The summed E-state index contributed by atoms with van der Waals surface area (Å²) in [7, 11) is -3.54. The summed E-state index contributed by atoms with van der Waals surface area (Å²) in [6.07, 6.45) is 5.25. The Labute approximate surface area is 150 Å². The maximum Gasteiger partial charge on any atom is 0.242 e. The molecule has 1 fully saturated rings. The predicted molar refractivity (Wildman–Crippen MR) is 96.9 cm³/mol. The number of aromatic nitrogens is 3. The molecular formula is C17H18N4O2S2. The van der Waals surface area contributed by atoms with Crippen molar-refractivity contribution in [3.63, 3.8) is 0 Å². The standard InChI is InChI=1S/C17H18N4O2S2/c22-25(23,15-2-1-6-18-11-15)19-7-8-21-17(13-3-4-13)10-16(20-21)14-5-9-24-12-14/h1-2,5-6,9-13,19H,3-4,7-8H2. The van der Waals surface area contributed by atoms with Crippen LogP contribution in [0, 0.1) is 0 Å². The minimum Gasteiger partial charge on any atom is -0.267 e. The summed E-state index contributed by atoms with van der Waals surface area (Å²) in [6, 6.07) is 7.34. The molecule has 1 aliphatic carbocycles. The summed E-state index contributed by atoms with van der Waals surface area (Å²) in [6.45, 7) is 0.803. The molecule has 0 saturated heterocycles. The van der Waals surface area contributed by atoms with Crippen LogP contribution in [0.1, 0.15) is 24.5 Å². The number of rotatable bonds is 7. The molecule has 3 aromatic rings. The minimum absolute atomic E-state index is 0.178. The van der Waals surface area contributed by atoms with Gasteiger partial charge in [0.05, 0.1) is 12.2 Å². The largest absolute Gasteiger partial charge is 0.267 e. The number of hydrogen-bond donors (Lipinski definition) is 1. The molecule has 25 heavy (non-hydrogen) atoms. The van der Waals surface area contributed by atoms with E-state index in [1.54, 1.807) is 23.6 Å². The van der Waals surface area contributed by atoms with Gasteiger partial charge in [-0.05, 0) is 42.5 Å². The SMILES string of the molecule is O=S(=O)(NCCn1nc(-c2ccsc2)cc1C1CC1)c1cccnc1. The number of pyridine rings is 1. The number of sulfonamides is 1. The van der Waals surface area contributed by atoms with Crippen LogP contribution in [0.3, 0.4) is 0 Å². The van der Waals surface area contributed by atoms with Crippen LogP contribution in [0.2, 0.25) is 0 Å². The molecule has 3 aromatic heterocycles. The molecule has 0 spiro atoms. The Hall–Kier alpha value is -2.03. The van der Waals surface area contributed by atoms with E-state index in [9.17, 15) is 8.42 Å². The maximum atomic E-state index is 12.3. The molecule has 0 bridgehead atoms. The molecule has 1 N–H and O–H groups in total. The second-order valence-electron chi connectivity index (χ2n) is 6.05. The Morgan fingerprint density at radius 1 is 1.32 bits per heavy atom. The average molecular weight is 374 g/mol. The highest BCUT2D eigenvalue weighted by molar-refractivity contribution is 7.89. The fourth-order valence-corrected chi connectivity index (χ4v) is 4.38. The summed E-state index contributed by atoms with van der Waals surface area (Å²) in [4.78, 5) is 4.04. The lowest BCUT2D eigenvalue weighted by atomic mass is 10.2. The summed E-state index contributed by atoms with van der Waals surface area (Å²) in [5.74, 6) is 0.551. The molecule has 6 nitrogen and oxygen atoms in total. The van der Waals surface area contributed by atoms with E-state index in [2.05, 4.69) is 32.3 Å². The van der Waals surface area contributed by atoms with Gasteiger partial charge in [-0.2, -0.15) is 16.4 Å². The summed E-state index contributed by atoms with van der Waals surface area (Å²) >= 11 is 1.65. The second kappa shape index (κ2) is 6.70. The Balaban J connectivity index is 1.48. The van der Waals surface area contributed by atoms with Gasteiger partial charge in [-0.15, -0.1) is 0 Å². The van der Waals surface area contributed by atoms with Gasteiger partial charge in [-0.1, -0.05) is 0 Å². The highest BCUT2D eigenvalue weighted by Crippen LogP contribution is 2.41. The van der Waals surface area contributed by atoms with Crippen molar-refractivity contribution in [1.82, 2.24) is 19.5 Å².